The average molecular weight is 734 g/mol. The van der Waals surface area contributed by atoms with E-state index in [0.717, 1.165) is 55.9 Å². The third kappa shape index (κ3) is 9.46. The molecule has 0 radical (unpaired) electrons. The van der Waals surface area contributed by atoms with Crippen LogP contribution in [0.1, 0.15) is 53.6 Å². The molecule has 262 valence electrons. The molecule has 2 aliphatic rings. The Labute approximate surface area is 309 Å². The van der Waals surface area contributed by atoms with Crippen molar-refractivity contribution in [1.82, 2.24) is 14.8 Å². The van der Waals surface area contributed by atoms with Crippen LogP contribution in [0.5, 0.6) is 0 Å². The van der Waals surface area contributed by atoms with Gasteiger partial charge >= 0.3 is 0 Å². The lowest BCUT2D eigenvalue weighted by Gasteiger charge is -2.35. The van der Waals surface area contributed by atoms with Crippen LogP contribution in [0.2, 0.25) is 10.0 Å². The number of benzene rings is 3. The van der Waals surface area contributed by atoms with Crippen molar-refractivity contribution in [2.45, 2.75) is 55.4 Å². The third-order valence-corrected chi connectivity index (χ3v) is 11.6. The van der Waals surface area contributed by atoms with Crippen molar-refractivity contribution in [3.8, 4) is 0 Å². The standard InChI is InChI=1S/C40H43Cl2FN4O2S/c1-28-5-12-34(13-6-28)50-38-35(4-2-19-44-38)40(49)46-24-17-31(18-25-46)39(48)47(33-11-14-36(41)37(42)27-33)21-3-20-45-22-15-30(16-23-45)26-29-7-9-32(43)10-8-29/h2,4-14,19,27,30-31H,3,15-18,20-26H2,1H3. The van der Waals surface area contributed by atoms with E-state index in [0.29, 0.717) is 59.0 Å². The maximum absolute atomic E-state index is 14.1. The SMILES string of the molecule is Cc1ccc(Sc2ncccc2C(=O)N2CCC(C(=O)N(CCCN3CCC(Cc4ccc(F)cc4)CC3)c3ccc(Cl)c(Cl)c3)CC2)cc1. The van der Waals surface area contributed by atoms with Gasteiger partial charge in [0.15, 0.2) is 0 Å². The summed E-state index contributed by atoms with van der Waals surface area (Å²) in [4.78, 5) is 39.6. The van der Waals surface area contributed by atoms with Crippen molar-refractivity contribution in [1.29, 1.82) is 0 Å². The predicted octanol–water partition coefficient (Wildman–Crippen LogP) is 9.22. The summed E-state index contributed by atoms with van der Waals surface area (Å²) in [5.41, 5.74) is 3.70. The summed E-state index contributed by atoms with van der Waals surface area (Å²) < 4.78 is 13.3. The summed E-state index contributed by atoms with van der Waals surface area (Å²) in [6.45, 7) is 6.55. The van der Waals surface area contributed by atoms with E-state index >= 15 is 0 Å². The molecule has 2 amide bonds. The molecular weight excluding hydrogens is 690 g/mol. The van der Waals surface area contributed by atoms with Crippen LogP contribution < -0.4 is 4.90 Å². The average Bonchev–Trinajstić information content (AvgIpc) is 3.14. The summed E-state index contributed by atoms with van der Waals surface area (Å²) in [5.74, 6) is 0.208. The van der Waals surface area contributed by atoms with E-state index < -0.39 is 0 Å². The molecule has 0 N–H and O–H groups in total. The largest absolute Gasteiger partial charge is 0.339 e. The van der Waals surface area contributed by atoms with Gasteiger partial charge in [-0.3, -0.25) is 9.59 Å². The monoisotopic (exact) mass is 732 g/mol. The van der Waals surface area contributed by atoms with Crippen molar-refractivity contribution in [3.63, 3.8) is 0 Å². The molecule has 2 fully saturated rings. The molecule has 1 aromatic heterocycles. The fraction of sp³-hybridized carbons (Fsp3) is 0.375. The van der Waals surface area contributed by atoms with E-state index in [2.05, 4.69) is 22.0 Å². The highest BCUT2D eigenvalue weighted by atomic mass is 35.5. The van der Waals surface area contributed by atoms with Gasteiger partial charge in [-0.25, -0.2) is 9.37 Å². The van der Waals surface area contributed by atoms with Gasteiger partial charge in [0.25, 0.3) is 5.91 Å². The molecule has 3 aromatic carbocycles. The van der Waals surface area contributed by atoms with Gasteiger partial charge in [-0.1, -0.05) is 64.8 Å². The molecular formula is C40H43Cl2FN4O2S. The van der Waals surface area contributed by atoms with Gasteiger partial charge < -0.3 is 14.7 Å². The highest BCUT2D eigenvalue weighted by Gasteiger charge is 2.32. The summed E-state index contributed by atoms with van der Waals surface area (Å²) in [5, 5.41) is 1.55. The van der Waals surface area contributed by atoms with Crippen LogP contribution in [-0.2, 0) is 11.2 Å². The van der Waals surface area contributed by atoms with Crippen molar-refractivity contribution in [3.05, 3.63) is 118 Å². The minimum atomic E-state index is -0.203. The Bertz CT molecular complexity index is 1760. The minimum absolute atomic E-state index is 0.0543. The zero-order valence-electron chi connectivity index (χ0n) is 28.4. The quantitative estimate of drug-likeness (QED) is 0.154. The molecule has 50 heavy (non-hydrogen) atoms. The first-order valence-electron chi connectivity index (χ1n) is 17.5. The number of amides is 2. The Morgan fingerprint density at radius 1 is 0.900 bits per heavy atom. The highest BCUT2D eigenvalue weighted by Crippen LogP contribution is 2.33. The van der Waals surface area contributed by atoms with Crippen LogP contribution in [0, 0.1) is 24.6 Å². The van der Waals surface area contributed by atoms with Crippen LogP contribution in [-0.4, -0.2) is 65.9 Å². The summed E-state index contributed by atoms with van der Waals surface area (Å²) in [7, 11) is 0. The molecule has 6 rings (SSSR count). The van der Waals surface area contributed by atoms with E-state index in [9.17, 15) is 14.0 Å². The van der Waals surface area contributed by atoms with Gasteiger partial charge in [-0.15, -0.1) is 0 Å². The molecule has 3 heterocycles. The second-order valence-electron chi connectivity index (χ2n) is 13.4. The first kappa shape index (κ1) is 36.4. The van der Waals surface area contributed by atoms with E-state index in [-0.39, 0.29) is 23.5 Å². The summed E-state index contributed by atoms with van der Waals surface area (Å²) in [6.07, 6.45) is 6.91. The number of aryl methyl sites for hydroxylation is 1. The molecule has 0 unspecified atom stereocenters. The Balaban J connectivity index is 1.04. The molecule has 0 spiro atoms. The molecule has 4 aromatic rings. The topological polar surface area (TPSA) is 56.8 Å². The lowest BCUT2D eigenvalue weighted by atomic mass is 9.90. The van der Waals surface area contributed by atoms with Gasteiger partial charge in [0.05, 0.1) is 15.6 Å². The maximum Gasteiger partial charge on any atom is 0.256 e. The van der Waals surface area contributed by atoms with Crippen LogP contribution in [0.4, 0.5) is 10.1 Å². The van der Waals surface area contributed by atoms with Crippen molar-refractivity contribution in [2.24, 2.45) is 11.8 Å². The second kappa shape index (κ2) is 17.2. The predicted molar refractivity (Wildman–Crippen MR) is 201 cm³/mol. The number of anilines is 1. The maximum atomic E-state index is 14.1. The van der Waals surface area contributed by atoms with Crippen LogP contribution >= 0.6 is 35.0 Å². The fourth-order valence-electron chi connectivity index (χ4n) is 6.91. The molecule has 10 heteroatoms. The number of likely N-dealkylation sites (tertiary alicyclic amines) is 2. The Kier molecular flexibility index (Phi) is 12.5. The Morgan fingerprint density at radius 3 is 2.32 bits per heavy atom. The number of aromatic nitrogens is 1. The third-order valence-electron chi connectivity index (χ3n) is 9.85. The van der Waals surface area contributed by atoms with Gasteiger partial charge in [0.1, 0.15) is 10.8 Å². The lowest BCUT2D eigenvalue weighted by Crippen LogP contribution is -2.45. The van der Waals surface area contributed by atoms with Crippen molar-refractivity contribution in [2.75, 3.05) is 44.2 Å². The number of carbonyl (C=O) groups excluding carboxylic acids is 2. The summed E-state index contributed by atoms with van der Waals surface area (Å²) >= 11 is 14.2. The van der Waals surface area contributed by atoms with Crippen LogP contribution in [0.25, 0.3) is 0 Å². The number of halogens is 3. The number of hydrogen-bond acceptors (Lipinski definition) is 5. The van der Waals surface area contributed by atoms with Crippen molar-refractivity contribution < 1.29 is 14.0 Å². The second-order valence-corrected chi connectivity index (χ2v) is 15.3. The molecule has 6 nitrogen and oxygen atoms in total. The number of piperidine rings is 2. The number of pyridine rings is 1. The normalized spacial score (nSPS) is 16.0. The van der Waals surface area contributed by atoms with Crippen LogP contribution in [0.3, 0.4) is 0 Å². The molecule has 0 saturated carbocycles. The van der Waals surface area contributed by atoms with Gasteiger partial charge in [-0.05, 0) is 131 Å². The Morgan fingerprint density at radius 2 is 1.62 bits per heavy atom. The minimum Gasteiger partial charge on any atom is -0.339 e. The molecule has 2 saturated heterocycles. The zero-order valence-corrected chi connectivity index (χ0v) is 30.7. The van der Waals surface area contributed by atoms with E-state index in [1.165, 1.54) is 22.9 Å². The first-order valence-corrected chi connectivity index (χ1v) is 19.0. The van der Waals surface area contributed by atoms with Crippen molar-refractivity contribution >= 4 is 52.5 Å². The zero-order chi connectivity index (χ0) is 35.0. The highest BCUT2D eigenvalue weighted by molar-refractivity contribution is 7.99. The first-order chi connectivity index (χ1) is 24.2. The van der Waals surface area contributed by atoms with Gasteiger partial charge in [0.2, 0.25) is 5.91 Å². The smallest absolute Gasteiger partial charge is 0.256 e. The number of hydrogen-bond donors (Lipinski definition) is 0. The van der Waals surface area contributed by atoms with Crippen LogP contribution in [0.15, 0.2) is 95.0 Å². The molecule has 0 bridgehead atoms. The Hall–Kier alpha value is -3.43. The van der Waals surface area contributed by atoms with E-state index in [4.69, 9.17) is 23.2 Å². The molecule has 2 aliphatic heterocycles. The molecule has 0 atom stereocenters. The van der Waals surface area contributed by atoms with Gasteiger partial charge in [-0.2, -0.15) is 0 Å². The van der Waals surface area contributed by atoms with E-state index in [1.54, 1.807) is 36.5 Å². The van der Waals surface area contributed by atoms with Gasteiger partial charge in [0, 0.05) is 42.3 Å². The number of nitrogens with zero attached hydrogens (tertiary/aromatic N) is 4. The lowest BCUT2D eigenvalue weighted by molar-refractivity contribution is -0.123. The fourth-order valence-corrected chi connectivity index (χ4v) is 8.08. The number of carbonyl (C=O) groups is 2. The molecule has 0 aliphatic carbocycles. The van der Waals surface area contributed by atoms with E-state index in [1.807, 2.05) is 53.1 Å². The summed E-state index contributed by atoms with van der Waals surface area (Å²) in [6, 6.07) is 24.1. The number of rotatable bonds is 11.